The molecule has 0 amide bonds. The van der Waals surface area contributed by atoms with Crippen molar-refractivity contribution in [1.29, 1.82) is 0 Å². The summed E-state index contributed by atoms with van der Waals surface area (Å²) in [6.07, 6.45) is 2.68. The van der Waals surface area contributed by atoms with Crippen LogP contribution < -0.4 is 5.32 Å². The minimum Gasteiger partial charge on any atom is -0.383 e. The van der Waals surface area contributed by atoms with Crippen LogP contribution in [0.2, 0.25) is 0 Å². The van der Waals surface area contributed by atoms with Crippen molar-refractivity contribution >= 4 is 33.2 Å². The molecule has 1 aliphatic carbocycles. The predicted molar refractivity (Wildman–Crippen MR) is 57.7 cm³/mol. The highest BCUT2D eigenvalue weighted by molar-refractivity contribution is 9.12. The molecule has 1 aromatic rings. The van der Waals surface area contributed by atoms with Gasteiger partial charge in [0.2, 0.25) is 5.78 Å². The molecule has 3 rings (SSSR count). The molecular weight excluding hydrogens is 260 g/mol. The first-order chi connectivity index (χ1) is 7.20. The molecule has 2 N–H and O–H groups in total. The molecule has 0 atom stereocenters. The van der Waals surface area contributed by atoms with Gasteiger partial charge in [0.05, 0.1) is 10.2 Å². The SMILES string of the molecule is O=C1C(=O)c2[nH]cc3c2C(=C1Br)NCC3. The van der Waals surface area contributed by atoms with Gasteiger partial charge in [0.25, 0.3) is 5.78 Å². The van der Waals surface area contributed by atoms with E-state index in [2.05, 4.69) is 26.2 Å². The molecule has 76 valence electrons. The molecule has 0 fully saturated rings. The van der Waals surface area contributed by atoms with Gasteiger partial charge in [-0.2, -0.15) is 0 Å². The van der Waals surface area contributed by atoms with E-state index in [1.54, 1.807) is 0 Å². The number of hydrogen-bond donors (Lipinski definition) is 2. The number of aromatic amines is 1. The molecule has 0 saturated carbocycles. The van der Waals surface area contributed by atoms with E-state index in [9.17, 15) is 9.59 Å². The summed E-state index contributed by atoms with van der Waals surface area (Å²) >= 11 is 3.18. The fourth-order valence-electron chi connectivity index (χ4n) is 2.05. The number of ketones is 2. The summed E-state index contributed by atoms with van der Waals surface area (Å²) in [5.41, 5.74) is 3.12. The van der Waals surface area contributed by atoms with Gasteiger partial charge in [-0.1, -0.05) is 0 Å². The second-order valence-electron chi connectivity index (χ2n) is 3.59. The van der Waals surface area contributed by atoms with Crippen LogP contribution in [0.25, 0.3) is 5.70 Å². The van der Waals surface area contributed by atoms with E-state index < -0.39 is 11.6 Å². The molecule has 0 unspecified atom stereocenters. The van der Waals surface area contributed by atoms with Crippen LogP contribution in [0.4, 0.5) is 0 Å². The van der Waals surface area contributed by atoms with Crippen LogP contribution in [0.15, 0.2) is 10.7 Å². The highest BCUT2D eigenvalue weighted by Gasteiger charge is 2.35. The van der Waals surface area contributed by atoms with E-state index in [4.69, 9.17) is 0 Å². The van der Waals surface area contributed by atoms with E-state index in [0.29, 0.717) is 10.2 Å². The van der Waals surface area contributed by atoms with Gasteiger partial charge in [0.15, 0.2) is 0 Å². The lowest BCUT2D eigenvalue weighted by molar-refractivity contribution is -0.111. The zero-order valence-corrected chi connectivity index (χ0v) is 9.27. The van der Waals surface area contributed by atoms with Crippen LogP contribution in [0.3, 0.4) is 0 Å². The van der Waals surface area contributed by atoms with Crippen LogP contribution in [-0.2, 0) is 11.2 Å². The first-order valence-corrected chi connectivity index (χ1v) is 5.42. The minimum absolute atomic E-state index is 0.348. The molecule has 2 aliphatic rings. The van der Waals surface area contributed by atoms with E-state index in [-0.39, 0.29) is 0 Å². The maximum atomic E-state index is 11.7. The Labute approximate surface area is 93.9 Å². The number of allylic oxidation sites excluding steroid dienone is 1. The zero-order valence-electron chi connectivity index (χ0n) is 7.69. The van der Waals surface area contributed by atoms with Gasteiger partial charge in [-0.3, -0.25) is 9.59 Å². The first-order valence-electron chi connectivity index (χ1n) is 4.63. The van der Waals surface area contributed by atoms with Gasteiger partial charge in [-0.05, 0) is 27.9 Å². The lowest BCUT2D eigenvalue weighted by Crippen LogP contribution is -2.31. The Bertz CT molecular complexity index is 528. The predicted octanol–water partition coefficient (Wildman–Crippen LogP) is 0.989. The number of rotatable bonds is 0. The van der Waals surface area contributed by atoms with Crippen molar-refractivity contribution in [2.75, 3.05) is 6.54 Å². The highest BCUT2D eigenvalue weighted by atomic mass is 79.9. The molecule has 1 aromatic heterocycles. The Hall–Kier alpha value is -1.36. The van der Waals surface area contributed by atoms with E-state index in [0.717, 1.165) is 29.8 Å². The van der Waals surface area contributed by atoms with Gasteiger partial charge in [-0.15, -0.1) is 0 Å². The van der Waals surface area contributed by atoms with Crippen molar-refractivity contribution in [3.63, 3.8) is 0 Å². The number of carbonyl (C=O) groups is 2. The Morgan fingerprint density at radius 2 is 2.07 bits per heavy atom. The Morgan fingerprint density at radius 3 is 2.87 bits per heavy atom. The highest BCUT2D eigenvalue weighted by Crippen LogP contribution is 2.34. The maximum Gasteiger partial charge on any atom is 0.250 e. The molecule has 5 heteroatoms. The van der Waals surface area contributed by atoms with Gasteiger partial charge in [0.1, 0.15) is 5.69 Å². The van der Waals surface area contributed by atoms with Crippen LogP contribution in [0, 0.1) is 0 Å². The zero-order chi connectivity index (χ0) is 10.6. The van der Waals surface area contributed by atoms with Gasteiger partial charge < -0.3 is 10.3 Å². The van der Waals surface area contributed by atoms with E-state index in [1.807, 2.05) is 6.20 Å². The average Bonchev–Trinajstić information content (AvgIpc) is 2.68. The van der Waals surface area contributed by atoms with Gasteiger partial charge in [-0.25, -0.2) is 0 Å². The van der Waals surface area contributed by atoms with Gasteiger partial charge >= 0.3 is 0 Å². The summed E-state index contributed by atoms with van der Waals surface area (Å²) in [4.78, 5) is 26.1. The van der Waals surface area contributed by atoms with Crippen LogP contribution in [0.5, 0.6) is 0 Å². The van der Waals surface area contributed by atoms with Crippen molar-refractivity contribution in [2.24, 2.45) is 0 Å². The minimum atomic E-state index is -0.486. The quantitative estimate of drug-likeness (QED) is 0.689. The molecular formula is C10H7BrN2O2. The molecule has 0 spiro atoms. The molecule has 0 radical (unpaired) electrons. The second-order valence-corrected chi connectivity index (χ2v) is 4.38. The third-order valence-corrected chi connectivity index (χ3v) is 3.52. The normalized spacial score (nSPS) is 19.0. The second kappa shape index (κ2) is 2.82. The molecule has 4 nitrogen and oxygen atoms in total. The number of nitrogens with one attached hydrogen (secondary N) is 2. The van der Waals surface area contributed by atoms with E-state index in [1.165, 1.54) is 0 Å². The summed E-state index contributed by atoms with van der Waals surface area (Å²) in [6.45, 7) is 0.788. The number of halogens is 1. The number of aromatic nitrogens is 1. The van der Waals surface area contributed by atoms with Crippen molar-refractivity contribution in [3.05, 3.63) is 27.5 Å². The molecule has 1 aliphatic heterocycles. The summed E-state index contributed by atoms with van der Waals surface area (Å²) in [7, 11) is 0. The van der Waals surface area contributed by atoms with Crippen LogP contribution in [-0.4, -0.2) is 23.1 Å². The summed E-state index contributed by atoms with van der Waals surface area (Å²) < 4.78 is 0.348. The molecule has 0 bridgehead atoms. The number of hydrogen-bond acceptors (Lipinski definition) is 3. The third-order valence-electron chi connectivity index (χ3n) is 2.76. The topological polar surface area (TPSA) is 62.0 Å². The Balaban J connectivity index is 2.37. The van der Waals surface area contributed by atoms with Gasteiger partial charge in [0, 0.05) is 18.3 Å². The van der Waals surface area contributed by atoms with E-state index >= 15 is 0 Å². The molecule has 2 heterocycles. The number of carbonyl (C=O) groups excluding carboxylic acids is 2. The fourth-order valence-corrected chi connectivity index (χ4v) is 2.57. The number of H-pyrrole nitrogens is 1. The Kier molecular flexibility index (Phi) is 1.68. The average molecular weight is 267 g/mol. The van der Waals surface area contributed by atoms with Crippen LogP contribution in [0.1, 0.15) is 21.6 Å². The first kappa shape index (κ1) is 8.91. The standard InChI is InChI=1S/C10H7BrN2O2/c11-6-7-5-4(1-2-12-7)3-13-8(5)10(15)9(6)14/h3,12-13H,1-2H2. The van der Waals surface area contributed by atoms with Crippen LogP contribution >= 0.6 is 15.9 Å². The fraction of sp³-hybridized carbons (Fsp3) is 0.200. The van der Waals surface area contributed by atoms with Crippen molar-refractivity contribution in [2.45, 2.75) is 6.42 Å². The number of Topliss-reactive ketones (excluding diaryl/α,β-unsaturated/α-hetero) is 2. The monoisotopic (exact) mass is 266 g/mol. The maximum absolute atomic E-state index is 11.7. The largest absolute Gasteiger partial charge is 0.383 e. The summed E-state index contributed by atoms with van der Waals surface area (Å²) in [5.74, 6) is -0.948. The summed E-state index contributed by atoms with van der Waals surface area (Å²) in [6, 6.07) is 0. The molecule has 15 heavy (non-hydrogen) atoms. The Morgan fingerprint density at radius 1 is 1.27 bits per heavy atom. The van der Waals surface area contributed by atoms with Crippen molar-refractivity contribution < 1.29 is 9.59 Å². The lowest BCUT2D eigenvalue weighted by Gasteiger charge is -2.22. The third kappa shape index (κ3) is 1.01. The van der Waals surface area contributed by atoms with Crippen molar-refractivity contribution in [1.82, 2.24) is 10.3 Å². The molecule has 0 aromatic carbocycles. The smallest absolute Gasteiger partial charge is 0.250 e. The lowest BCUT2D eigenvalue weighted by atomic mass is 9.93. The summed E-state index contributed by atoms with van der Waals surface area (Å²) in [5, 5.41) is 3.14. The van der Waals surface area contributed by atoms with Crippen molar-refractivity contribution in [3.8, 4) is 0 Å². The molecule has 0 saturated heterocycles.